The van der Waals surface area contributed by atoms with Crippen LogP contribution in [0.5, 0.6) is 0 Å². The fourth-order valence-electron chi connectivity index (χ4n) is 2.81. The number of nitrogens with zero attached hydrogens (tertiary/aromatic N) is 4. The first kappa shape index (κ1) is 15.9. The first-order chi connectivity index (χ1) is 9.91. The van der Waals surface area contributed by atoms with Gasteiger partial charge in [0, 0.05) is 18.1 Å². The van der Waals surface area contributed by atoms with Gasteiger partial charge >= 0.3 is 0 Å². The number of H-pyrrole nitrogens is 1. The van der Waals surface area contributed by atoms with Crippen molar-refractivity contribution in [1.29, 1.82) is 0 Å². The molecule has 7 heteroatoms. The number of aromatic amines is 1. The zero-order valence-corrected chi connectivity index (χ0v) is 13.4. The van der Waals surface area contributed by atoms with Crippen LogP contribution in [0, 0.1) is 0 Å². The van der Waals surface area contributed by atoms with Crippen molar-refractivity contribution in [3.63, 3.8) is 0 Å². The molecule has 1 aliphatic rings. The highest BCUT2D eigenvalue weighted by Crippen LogP contribution is 2.21. The molecule has 0 bridgehead atoms. The van der Waals surface area contributed by atoms with Crippen molar-refractivity contribution in [2.45, 2.75) is 64.5 Å². The number of piperidine rings is 1. The Balaban J connectivity index is 1.95. The van der Waals surface area contributed by atoms with Gasteiger partial charge in [0.2, 0.25) is 5.91 Å². The van der Waals surface area contributed by atoms with Crippen LogP contribution in [0.4, 0.5) is 0 Å². The number of aromatic nitrogens is 4. The number of carbonyl (C=O) groups excluding carboxylic acids is 1. The van der Waals surface area contributed by atoms with E-state index in [-0.39, 0.29) is 23.4 Å². The molecule has 1 fully saturated rings. The molecule has 2 unspecified atom stereocenters. The second-order valence-electron chi connectivity index (χ2n) is 6.70. The van der Waals surface area contributed by atoms with Crippen molar-refractivity contribution in [2.75, 3.05) is 13.1 Å². The number of rotatable bonds is 4. The van der Waals surface area contributed by atoms with Crippen molar-refractivity contribution in [3.05, 3.63) is 5.82 Å². The molecule has 1 aliphatic heterocycles. The maximum atomic E-state index is 12.4. The predicted octanol–water partition coefficient (Wildman–Crippen LogP) is 1.07. The van der Waals surface area contributed by atoms with Gasteiger partial charge < -0.3 is 5.32 Å². The highest BCUT2D eigenvalue weighted by atomic mass is 16.2. The van der Waals surface area contributed by atoms with E-state index in [1.165, 1.54) is 0 Å². The monoisotopic (exact) mass is 294 g/mol. The van der Waals surface area contributed by atoms with E-state index in [1.54, 1.807) is 0 Å². The second-order valence-corrected chi connectivity index (χ2v) is 6.70. The lowest BCUT2D eigenvalue weighted by Gasteiger charge is -2.41. The SMILES string of the molecule is CCC(C(=O)NC1CCCN(C(C)(C)C)C1)c1nn[nH]n1. The zero-order chi connectivity index (χ0) is 15.5. The average Bonchev–Trinajstić information content (AvgIpc) is 2.93. The van der Waals surface area contributed by atoms with Gasteiger partial charge in [-0.25, -0.2) is 0 Å². The first-order valence-electron chi connectivity index (χ1n) is 7.70. The number of hydrogen-bond acceptors (Lipinski definition) is 5. The van der Waals surface area contributed by atoms with Gasteiger partial charge in [0.1, 0.15) is 5.92 Å². The minimum atomic E-state index is -0.325. The lowest BCUT2D eigenvalue weighted by atomic mass is 9.97. The molecule has 2 atom stereocenters. The van der Waals surface area contributed by atoms with Crippen LogP contribution in [-0.2, 0) is 4.79 Å². The number of nitrogens with one attached hydrogen (secondary N) is 2. The van der Waals surface area contributed by atoms with E-state index >= 15 is 0 Å². The molecule has 0 saturated carbocycles. The van der Waals surface area contributed by atoms with Crippen LogP contribution in [0.25, 0.3) is 0 Å². The minimum Gasteiger partial charge on any atom is -0.351 e. The Hall–Kier alpha value is -1.50. The van der Waals surface area contributed by atoms with E-state index in [0.29, 0.717) is 12.2 Å². The number of likely N-dealkylation sites (tertiary alicyclic amines) is 1. The van der Waals surface area contributed by atoms with E-state index in [1.807, 2.05) is 6.92 Å². The van der Waals surface area contributed by atoms with Crippen LogP contribution in [-0.4, -0.2) is 56.1 Å². The minimum absolute atomic E-state index is 0.000316. The third-order valence-corrected chi connectivity index (χ3v) is 4.11. The molecule has 1 saturated heterocycles. The van der Waals surface area contributed by atoms with Crippen molar-refractivity contribution < 1.29 is 4.79 Å². The smallest absolute Gasteiger partial charge is 0.231 e. The molecule has 1 aromatic rings. The lowest BCUT2D eigenvalue weighted by Crippen LogP contribution is -2.54. The number of carbonyl (C=O) groups is 1. The molecule has 0 aliphatic carbocycles. The Morgan fingerprint density at radius 1 is 1.52 bits per heavy atom. The van der Waals surface area contributed by atoms with Crippen LogP contribution in [0.3, 0.4) is 0 Å². The number of amides is 1. The molecule has 7 nitrogen and oxygen atoms in total. The maximum absolute atomic E-state index is 12.4. The summed E-state index contributed by atoms with van der Waals surface area (Å²) in [6.07, 6.45) is 2.81. The summed E-state index contributed by atoms with van der Waals surface area (Å²) in [6, 6.07) is 0.200. The molecule has 1 amide bonds. The molecular formula is C14H26N6O. The first-order valence-corrected chi connectivity index (χ1v) is 7.70. The Bertz CT molecular complexity index is 453. The molecule has 2 heterocycles. The Morgan fingerprint density at radius 3 is 2.86 bits per heavy atom. The summed E-state index contributed by atoms with van der Waals surface area (Å²) in [5.74, 6) is 0.145. The van der Waals surface area contributed by atoms with Gasteiger partial charge in [-0.1, -0.05) is 12.1 Å². The standard InChI is InChI=1S/C14H26N6O/c1-5-11(12-16-18-19-17-12)13(21)15-10-7-6-8-20(9-10)14(2,3)4/h10-11H,5-9H2,1-4H3,(H,15,21)(H,16,17,18,19). The van der Waals surface area contributed by atoms with Crippen LogP contribution in [0.1, 0.15) is 58.7 Å². The normalized spacial score (nSPS) is 22.0. The van der Waals surface area contributed by atoms with E-state index in [0.717, 1.165) is 25.9 Å². The Morgan fingerprint density at radius 2 is 2.29 bits per heavy atom. The molecule has 1 aromatic heterocycles. The van der Waals surface area contributed by atoms with Gasteiger partial charge in [-0.2, -0.15) is 5.21 Å². The molecule has 2 rings (SSSR count). The quantitative estimate of drug-likeness (QED) is 0.867. The fraction of sp³-hybridized carbons (Fsp3) is 0.857. The number of tetrazole rings is 1. The summed E-state index contributed by atoms with van der Waals surface area (Å²) in [5, 5.41) is 17.0. The summed E-state index contributed by atoms with van der Waals surface area (Å²) < 4.78 is 0. The van der Waals surface area contributed by atoms with Gasteiger partial charge in [-0.3, -0.25) is 9.69 Å². The van der Waals surface area contributed by atoms with Crippen molar-refractivity contribution in [2.24, 2.45) is 0 Å². The Labute approximate surface area is 125 Å². The average molecular weight is 294 g/mol. The summed E-state index contributed by atoms with van der Waals surface area (Å²) in [5.41, 5.74) is 0.140. The Kier molecular flexibility index (Phi) is 4.92. The van der Waals surface area contributed by atoms with Crippen molar-refractivity contribution in [1.82, 2.24) is 30.8 Å². The fourth-order valence-corrected chi connectivity index (χ4v) is 2.81. The van der Waals surface area contributed by atoms with E-state index in [4.69, 9.17) is 0 Å². The van der Waals surface area contributed by atoms with Crippen molar-refractivity contribution >= 4 is 5.91 Å². The molecule has 2 N–H and O–H groups in total. The molecule has 0 aromatic carbocycles. The summed E-state index contributed by atoms with van der Waals surface area (Å²) in [7, 11) is 0. The van der Waals surface area contributed by atoms with E-state index in [9.17, 15) is 4.79 Å². The summed E-state index contributed by atoms with van der Waals surface area (Å²) in [4.78, 5) is 14.9. The highest BCUT2D eigenvalue weighted by Gasteiger charge is 2.30. The third-order valence-electron chi connectivity index (χ3n) is 4.11. The van der Waals surface area contributed by atoms with Gasteiger partial charge in [0.15, 0.2) is 5.82 Å². The van der Waals surface area contributed by atoms with Crippen LogP contribution < -0.4 is 5.32 Å². The molecule has 0 spiro atoms. The maximum Gasteiger partial charge on any atom is 0.231 e. The molecule has 0 radical (unpaired) electrons. The predicted molar refractivity (Wildman–Crippen MR) is 79.7 cm³/mol. The molecule has 118 valence electrons. The van der Waals surface area contributed by atoms with Crippen molar-refractivity contribution in [3.8, 4) is 0 Å². The number of hydrogen-bond donors (Lipinski definition) is 2. The van der Waals surface area contributed by atoms with Crippen LogP contribution >= 0.6 is 0 Å². The zero-order valence-electron chi connectivity index (χ0n) is 13.4. The summed E-state index contributed by atoms with van der Waals surface area (Å²) >= 11 is 0. The van der Waals surface area contributed by atoms with E-state index < -0.39 is 0 Å². The third kappa shape index (κ3) is 4.00. The molecular weight excluding hydrogens is 268 g/mol. The van der Waals surface area contributed by atoms with E-state index in [2.05, 4.69) is 51.6 Å². The second kappa shape index (κ2) is 6.51. The lowest BCUT2D eigenvalue weighted by molar-refractivity contribution is -0.124. The van der Waals surface area contributed by atoms with Crippen LogP contribution in [0.15, 0.2) is 0 Å². The van der Waals surface area contributed by atoms with Gasteiger partial charge in [-0.15, -0.1) is 10.2 Å². The van der Waals surface area contributed by atoms with Gasteiger partial charge in [-0.05, 0) is 46.6 Å². The van der Waals surface area contributed by atoms with Gasteiger partial charge in [0.25, 0.3) is 0 Å². The highest BCUT2D eigenvalue weighted by molar-refractivity contribution is 5.82. The van der Waals surface area contributed by atoms with Gasteiger partial charge in [0.05, 0.1) is 0 Å². The topological polar surface area (TPSA) is 86.8 Å². The summed E-state index contributed by atoms with van der Waals surface area (Å²) in [6.45, 7) is 10.6. The largest absolute Gasteiger partial charge is 0.351 e. The molecule has 21 heavy (non-hydrogen) atoms. The van der Waals surface area contributed by atoms with Crippen LogP contribution in [0.2, 0.25) is 0 Å².